The maximum Gasteiger partial charge on any atom is 0.253 e. The monoisotopic (exact) mass is 525 g/mol. The van der Waals surface area contributed by atoms with E-state index in [1.54, 1.807) is 54.1 Å². The number of hydrogen-bond acceptors (Lipinski definition) is 5. The third-order valence-electron chi connectivity index (χ3n) is 4.78. The first-order chi connectivity index (χ1) is 15.7. The van der Waals surface area contributed by atoms with Gasteiger partial charge in [-0.2, -0.15) is 0 Å². The predicted molar refractivity (Wildman–Crippen MR) is 133 cm³/mol. The molecule has 0 saturated carbocycles. The summed E-state index contributed by atoms with van der Waals surface area (Å²) in [6.45, 7) is 3.95. The maximum absolute atomic E-state index is 12.8. The van der Waals surface area contributed by atoms with Crippen LogP contribution >= 0.6 is 46.6 Å². The molecule has 0 aliphatic carbocycles. The number of rotatable bonds is 8. The maximum atomic E-state index is 12.8. The zero-order valence-corrected chi connectivity index (χ0v) is 21.2. The Labute approximate surface area is 211 Å². The number of thioether (sulfide) groups is 1. The molecule has 0 spiro atoms. The van der Waals surface area contributed by atoms with Crippen molar-refractivity contribution in [1.29, 1.82) is 0 Å². The molecule has 7 nitrogen and oxygen atoms in total. The first-order valence-corrected chi connectivity index (χ1v) is 12.1. The number of amides is 2. The van der Waals surface area contributed by atoms with E-state index in [0.717, 1.165) is 0 Å². The first kappa shape index (κ1) is 25.4. The molecule has 0 aliphatic heterocycles. The summed E-state index contributed by atoms with van der Waals surface area (Å²) in [5, 5.41) is 15.7. The molecule has 1 heterocycles. The smallest absolute Gasteiger partial charge is 0.253 e. The lowest BCUT2D eigenvalue weighted by atomic mass is 10.0. The molecule has 0 radical (unpaired) electrons. The van der Waals surface area contributed by atoms with Gasteiger partial charge < -0.3 is 15.2 Å². The van der Waals surface area contributed by atoms with Gasteiger partial charge in [-0.3, -0.25) is 9.59 Å². The van der Waals surface area contributed by atoms with Crippen molar-refractivity contribution in [3.8, 4) is 0 Å². The number of aromatic nitrogens is 3. The molecule has 2 aromatic carbocycles. The Kier molecular flexibility index (Phi) is 8.64. The van der Waals surface area contributed by atoms with Crippen molar-refractivity contribution in [2.75, 3.05) is 11.1 Å². The van der Waals surface area contributed by atoms with Crippen LogP contribution in [0.5, 0.6) is 0 Å². The number of carbonyl (C=O) groups excluding carboxylic acids is 2. The van der Waals surface area contributed by atoms with E-state index in [9.17, 15) is 9.59 Å². The number of halogens is 3. The van der Waals surface area contributed by atoms with Crippen LogP contribution in [-0.4, -0.2) is 32.3 Å². The fourth-order valence-electron chi connectivity index (χ4n) is 3.03. The number of carbonyl (C=O) groups is 2. The van der Waals surface area contributed by atoms with Gasteiger partial charge in [-0.25, -0.2) is 0 Å². The molecule has 0 bridgehead atoms. The molecule has 2 amide bonds. The highest BCUT2D eigenvalue weighted by Gasteiger charge is 2.26. The Morgan fingerprint density at radius 2 is 1.73 bits per heavy atom. The summed E-state index contributed by atoms with van der Waals surface area (Å²) in [7, 11) is 1.79. The summed E-state index contributed by atoms with van der Waals surface area (Å²) in [6, 6.07) is 11.5. The summed E-state index contributed by atoms with van der Waals surface area (Å²) in [6.07, 6.45) is 0. The van der Waals surface area contributed by atoms with Crippen molar-refractivity contribution in [3.63, 3.8) is 0 Å². The summed E-state index contributed by atoms with van der Waals surface area (Å²) in [5.41, 5.74) is 0.827. The van der Waals surface area contributed by atoms with Crippen LogP contribution in [-0.2, 0) is 11.8 Å². The van der Waals surface area contributed by atoms with E-state index < -0.39 is 6.04 Å². The quantitative estimate of drug-likeness (QED) is 0.371. The summed E-state index contributed by atoms with van der Waals surface area (Å²) in [4.78, 5) is 25.2. The van der Waals surface area contributed by atoms with Crippen molar-refractivity contribution in [3.05, 3.63) is 68.9 Å². The van der Waals surface area contributed by atoms with Crippen LogP contribution in [0.1, 0.15) is 36.1 Å². The van der Waals surface area contributed by atoms with E-state index >= 15 is 0 Å². The molecule has 2 N–H and O–H groups in total. The van der Waals surface area contributed by atoms with Crippen molar-refractivity contribution in [2.24, 2.45) is 13.0 Å². The highest BCUT2D eigenvalue weighted by atomic mass is 35.5. The second-order valence-electron chi connectivity index (χ2n) is 7.51. The highest BCUT2D eigenvalue weighted by molar-refractivity contribution is 7.99. The molecule has 33 heavy (non-hydrogen) atoms. The molecule has 0 aliphatic rings. The third kappa shape index (κ3) is 6.20. The minimum absolute atomic E-state index is 0.0328. The van der Waals surface area contributed by atoms with Crippen molar-refractivity contribution in [1.82, 2.24) is 20.1 Å². The highest BCUT2D eigenvalue weighted by Crippen LogP contribution is 2.30. The lowest BCUT2D eigenvalue weighted by molar-refractivity contribution is -0.113. The van der Waals surface area contributed by atoms with Gasteiger partial charge in [0.2, 0.25) is 5.91 Å². The molecule has 3 aromatic rings. The van der Waals surface area contributed by atoms with E-state index in [2.05, 4.69) is 20.8 Å². The molecule has 1 atom stereocenters. The van der Waals surface area contributed by atoms with E-state index in [0.29, 0.717) is 32.3 Å². The van der Waals surface area contributed by atoms with Gasteiger partial charge in [-0.1, -0.05) is 78.6 Å². The fourth-order valence-corrected chi connectivity index (χ4v) is 4.32. The average Bonchev–Trinajstić information content (AvgIpc) is 3.13. The zero-order valence-electron chi connectivity index (χ0n) is 18.1. The number of anilines is 1. The summed E-state index contributed by atoms with van der Waals surface area (Å²) in [5.74, 6) is 0.139. The Hall–Kier alpha value is -2.26. The number of hydrogen-bond donors (Lipinski definition) is 2. The van der Waals surface area contributed by atoms with Gasteiger partial charge in [0.25, 0.3) is 5.91 Å². The summed E-state index contributed by atoms with van der Waals surface area (Å²) < 4.78 is 1.77. The van der Waals surface area contributed by atoms with E-state index in [1.165, 1.54) is 11.8 Å². The van der Waals surface area contributed by atoms with E-state index in [4.69, 9.17) is 34.8 Å². The van der Waals surface area contributed by atoms with Gasteiger partial charge in [0.05, 0.1) is 38.1 Å². The van der Waals surface area contributed by atoms with Gasteiger partial charge in [-0.15, -0.1) is 10.2 Å². The molecule has 11 heteroatoms. The molecule has 0 unspecified atom stereocenters. The van der Waals surface area contributed by atoms with Crippen molar-refractivity contribution >= 4 is 64.1 Å². The normalized spacial score (nSPS) is 12.0. The molecule has 3 rings (SSSR count). The van der Waals surface area contributed by atoms with Crippen LogP contribution in [0, 0.1) is 5.92 Å². The average molecular weight is 527 g/mol. The second kappa shape index (κ2) is 11.2. The molecular weight excluding hydrogens is 505 g/mol. The topological polar surface area (TPSA) is 88.9 Å². The lowest BCUT2D eigenvalue weighted by Gasteiger charge is -2.22. The van der Waals surface area contributed by atoms with Crippen LogP contribution in [0.15, 0.2) is 47.6 Å². The van der Waals surface area contributed by atoms with Crippen molar-refractivity contribution in [2.45, 2.75) is 25.0 Å². The number of benzene rings is 2. The Morgan fingerprint density at radius 3 is 2.42 bits per heavy atom. The fraction of sp³-hybridized carbons (Fsp3) is 0.273. The molecule has 0 saturated heterocycles. The Bertz CT molecular complexity index is 1170. The third-order valence-corrected chi connectivity index (χ3v) is 6.95. The van der Waals surface area contributed by atoms with Crippen LogP contribution in [0.4, 0.5) is 5.69 Å². The Morgan fingerprint density at radius 1 is 1.03 bits per heavy atom. The Balaban J connectivity index is 1.69. The van der Waals surface area contributed by atoms with Crippen LogP contribution in [0.25, 0.3) is 0 Å². The SMILES string of the molecule is CC(C)[C@@H](NC(=O)c1ccccc1Cl)c1nnc(SCC(=O)Nc2cccc(Cl)c2Cl)n1C. The molecule has 0 fully saturated rings. The van der Waals surface area contributed by atoms with Crippen LogP contribution in [0.2, 0.25) is 15.1 Å². The largest absolute Gasteiger partial charge is 0.342 e. The van der Waals surface area contributed by atoms with Crippen molar-refractivity contribution < 1.29 is 9.59 Å². The summed E-state index contributed by atoms with van der Waals surface area (Å²) >= 11 is 19.5. The number of nitrogens with one attached hydrogen (secondary N) is 2. The van der Waals surface area contributed by atoms with Gasteiger partial charge >= 0.3 is 0 Å². The minimum atomic E-state index is -0.403. The van der Waals surface area contributed by atoms with Crippen LogP contribution in [0.3, 0.4) is 0 Å². The van der Waals surface area contributed by atoms with Gasteiger partial charge in [0.15, 0.2) is 11.0 Å². The standard InChI is InChI=1S/C22H22Cl3N5O2S/c1-12(2)19(27-21(32)13-7-4-5-8-14(13)23)20-28-29-22(30(20)3)33-11-17(31)26-16-10-6-9-15(24)18(16)25/h4-10,12,19H,11H2,1-3H3,(H,26,31)(H,27,32)/t19-/m1/s1. The van der Waals surface area contributed by atoms with E-state index in [-0.39, 0.29) is 28.5 Å². The lowest BCUT2D eigenvalue weighted by Crippen LogP contribution is -2.33. The van der Waals surface area contributed by atoms with Crippen LogP contribution < -0.4 is 10.6 Å². The molecule has 1 aromatic heterocycles. The predicted octanol–water partition coefficient (Wildman–Crippen LogP) is 5.63. The second-order valence-corrected chi connectivity index (χ2v) is 9.65. The zero-order chi connectivity index (χ0) is 24.1. The number of nitrogens with zero attached hydrogens (tertiary/aromatic N) is 3. The van der Waals surface area contributed by atoms with Gasteiger partial charge in [-0.05, 0) is 30.2 Å². The van der Waals surface area contributed by atoms with E-state index in [1.807, 2.05) is 13.8 Å². The first-order valence-electron chi connectivity index (χ1n) is 10.00. The minimum Gasteiger partial charge on any atom is -0.342 e. The molecule has 174 valence electrons. The van der Waals surface area contributed by atoms with Gasteiger partial charge in [0, 0.05) is 7.05 Å². The molecular formula is C22H22Cl3N5O2S. The van der Waals surface area contributed by atoms with Gasteiger partial charge in [0.1, 0.15) is 0 Å².